The van der Waals surface area contributed by atoms with Crippen LogP contribution in [0.25, 0.3) is 5.57 Å². The van der Waals surface area contributed by atoms with Crippen molar-refractivity contribution in [2.75, 3.05) is 4.90 Å². The van der Waals surface area contributed by atoms with E-state index in [0.717, 1.165) is 30.2 Å². The Kier molecular flexibility index (Phi) is 7.23. The molecule has 0 fully saturated rings. The first kappa shape index (κ1) is 21.5. The number of alkyl halides is 3. The minimum atomic E-state index is -4.80. The van der Waals surface area contributed by atoms with Crippen LogP contribution in [0.2, 0.25) is 0 Å². The number of amides is 1. The van der Waals surface area contributed by atoms with Crippen LogP contribution in [0.1, 0.15) is 45.5 Å². The van der Waals surface area contributed by atoms with Gasteiger partial charge in [0, 0.05) is 24.2 Å². The van der Waals surface area contributed by atoms with Crippen LogP contribution in [-0.4, -0.2) is 23.7 Å². The minimum absolute atomic E-state index is 0.0370. The summed E-state index contributed by atoms with van der Waals surface area (Å²) in [5.74, 6) is -1.08. The number of rotatable bonds is 6. The second-order valence-corrected chi connectivity index (χ2v) is 5.77. The van der Waals surface area contributed by atoms with Crippen molar-refractivity contribution in [3.63, 3.8) is 0 Å². The zero-order valence-electron chi connectivity index (χ0n) is 15.1. The molecule has 0 aliphatic heterocycles. The summed E-state index contributed by atoms with van der Waals surface area (Å²) in [5, 5.41) is 0. The standard InChI is InChI=1S/C18H21F4N3O/c1-6-16(26)25(11(2)3)15-8-7-14(24-17(15)18(20,21)22)13(10-23-5)9-12(4)19/h7-11H,5-6H2,1-4H3/b12-9+,13-10+. The molecule has 1 heterocycles. The number of nitrogens with zero attached hydrogens (tertiary/aromatic N) is 3. The maximum atomic E-state index is 13.6. The van der Waals surface area contributed by atoms with E-state index in [2.05, 4.69) is 16.7 Å². The number of allylic oxidation sites excluding steroid dienone is 3. The fourth-order valence-electron chi connectivity index (χ4n) is 2.38. The van der Waals surface area contributed by atoms with E-state index in [1.165, 1.54) is 6.07 Å². The molecule has 1 aromatic heterocycles. The average Bonchev–Trinajstić information content (AvgIpc) is 2.53. The Bertz CT molecular complexity index is 732. The molecule has 0 aliphatic rings. The fraction of sp³-hybridized carbons (Fsp3) is 0.389. The molecule has 0 bridgehead atoms. The van der Waals surface area contributed by atoms with Crippen molar-refractivity contribution < 1.29 is 22.4 Å². The third-order valence-electron chi connectivity index (χ3n) is 3.37. The Labute approximate surface area is 149 Å². The van der Waals surface area contributed by atoms with E-state index in [0.29, 0.717) is 0 Å². The lowest BCUT2D eigenvalue weighted by Gasteiger charge is -2.29. The molecule has 142 valence electrons. The molecule has 8 heteroatoms. The molecule has 0 atom stereocenters. The molecule has 0 unspecified atom stereocenters. The van der Waals surface area contributed by atoms with Gasteiger partial charge in [0.05, 0.1) is 17.2 Å². The first-order valence-electron chi connectivity index (χ1n) is 7.93. The number of carbonyl (C=O) groups excluding carboxylic acids is 1. The van der Waals surface area contributed by atoms with E-state index in [1.807, 2.05) is 0 Å². The molecule has 0 saturated carbocycles. The quantitative estimate of drug-likeness (QED) is 0.394. The van der Waals surface area contributed by atoms with Gasteiger partial charge < -0.3 is 4.90 Å². The van der Waals surface area contributed by atoms with Crippen LogP contribution >= 0.6 is 0 Å². The highest BCUT2D eigenvalue weighted by Crippen LogP contribution is 2.37. The fourth-order valence-corrected chi connectivity index (χ4v) is 2.38. The van der Waals surface area contributed by atoms with Crippen molar-refractivity contribution in [1.82, 2.24) is 4.98 Å². The van der Waals surface area contributed by atoms with Gasteiger partial charge in [-0.2, -0.15) is 13.2 Å². The van der Waals surface area contributed by atoms with Crippen molar-refractivity contribution in [3.8, 4) is 0 Å². The second-order valence-electron chi connectivity index (χ2n) is 5.77. The van der Waals surface area contributed by atoms with Crippen LogP contribution < -0.4 is 4.90 Å². The zero-order valence-corrected chi connectivity index (χ0v) is 15.1. The minimum Gasteiger partial charge on any atom is -0.308 e. The third-order valence-corrected chi connectivity index (χ3v) is 3.37. The molecule has 26 heavy (non-hydrogen) atoms. The molecule has 0 spiro atoms. The predicted octanol–water partition coefficient (Wildman–Crippen LogP) is 5.17. The topological polar surface area (TPSA) is 45.6 Å². The van der Waals surface area contributed by atoms with E-state index in [4.69, 9.17) is 0 Å². The monoisotopic (exact) mass is 371 g/mol. The average molecular weight is 371 g/mol. The smallest absolute Gasteiger partial charge is 0.308 e. The van der Waals surface area contributed by atoms with Crippen molar-refractivity contribution in [3.05, 3.63) is 41.6 Å². The molecule has 0 aliphatic carbocycles. The first-order chi connectivity index (χ1) is 12.0. The lowest BCUT2D eigenvalue weighted by Crippen LogP contribution is -2.38. The summed E-state index contributed by atoms with van der Waals surface area (Å²) in [6, 6.07) is 1.96. The van der Waals surface area contributed by atoms with E-state index >= 15 is 0 Å². The molecule has 1 amide bonds. The summed E-state index contributed by atoms with van der Waals surface area (Å²) >= 11 is 0. The number of aliphatic imine (C=N–C) groups is 1. The molecule has 4 nitrogen and oxygen atoms in total. The van der Waals surface area contributed by atoms with Gasteiger partial charge >= 0.3 is 6.18 Å². The molecule has 0 radical (unpaired) electrons. The van der Waals surface area contributed by atoms with Gasteiger partial charge in [-0.3, -0.25) is 9.79 Å². The molecule has 0 N–H and O–H groups in total. The number of hydrogen-bond acceptors (Lipinski definition) is 3. The van der Waals surface area contributed by atoms with Gasteiger partial charge in [0.2, 0.25) is 5.91 Å². The number of carbonyl (C=O) groups is 1. The number of anilines is 1. The van der Waals surface area contributed by atoms with Gasteiger partial charge in [-0.1, -0.05) is 6.92 Å². The number of hydrogen-bond donors (Lipinski definition) is 0. The molecule has 0 saturated heterocycles. The van der Waals surface area contributed by atoms with E-state index in [1.54, 1.807) is 20.8 Å². The van der Waals surface area contributed by atoms with Crippen LogP contribution in [0.5, 0.6) is 0 Å². The number of aromatic nitrogens is 1. The normalized spacial score (nSPS) is 13.1. The number of halogens is 4. The van der Waals surface area contributed by atoms with E-state index in [-0.39, 0.29) is 23.4 Å². The Morgan fingerprint density at radius 2 is 2.00 bits per heavy atom. The molecule has 0 aromatic carbocycles. The second kappa shape index (κ2) is 8.73. The van der Waals surface area contributed by atoms with Gasteiger partial charge in [0.15, 0.2) is 5.69 Å². The molecular weight excluding hydrogens is 350 g/mol. The highest BCUT2D eigenvalue weighted by atomic mass is 19.4. The van der Waals surface area contributed by atoms with Crippen LogP contribution in [0.4, 0.5) is 23.2 Å². The summed E-state index contributed by atoms with van der Waals surface area (Å²) in [4.78, 5) is 20.3. The van der Waals surface area contributed by atoms with Gasteiger partial charge in [-0.05, 0) is 45.7 Å². The largest absolute Gasteiger partial charge is 0.435 e. The third kappa shape index (κ3) is 5.24. The molecular formula is C18H21F4N3O. The SMILES string of the molecule is C=N/C=C(\C=C(/C)F)c1ccc(N(C(=O)CC)C(C)C)c(C(F)(F)F)n1. The summed E-state index contributed by atoms with van der Waals surface area (Å²) in [6.45, 7) is 9.17. The van der Waals surface area contributed by atoms with Crippen molar-refractivity contribution in [2.24, 2.45) is 4.99 Å². The summed E-state index contributed by atoms with van der Waals surface area (Å²) < 4.78 is 54.0. The Morgan fingerprint density at radius 1 is 1.38 bits per heavy atom. The maximum Gasteiger partial charge on any atom is 0.435 e. The van der Waals surface area contributed by atoms with Gasteiger partial charge in [-0.15, -0.1) is 0 Å². The van der Waals surface area contributed by atoms with E-state index < -0.39 is 29.6 Å². The molecule has 1 rings (SSSR count). The Hall–Kier alpha value is -2.51. The van der Waals surface area contributed by atoms with E-state index in [9.17, 15) is 22.4 Å². The van der Waals surface area contributed by atoms with Crippen molar-refractivity contribution in [2.45, 2.75) is 46.3 Å². The highest BCUT2D eigenvalue weighted by Gasteiger charge is 2.39. The summed E-state index contributed by atoms with van der Waals surface area (Å²) in [5.41, 5.74) is -1.64. The lowest BCUT2D eigenvalue weighted by atomic mass is 10.1. The maximum absolute atomic E-state index is 13.6. The van der Waals surface area contributed by atoms with Crippen LogP contribution in [0, 0.1) is 0 Å². The van der Waals surface area contributed by atoms with Crippen molar-refractivity contribution >= 4 is 23.9 Å². The van der Waals surface area contributed by atoms with Gasteiger partial charge in [0.1, 0.15) is 0 Å². The van der Waals surface area contributed by atoms with Crippen molar-refractivity contribution in [1.29, 1.82) is 0 Å². The summed E-state index contributed by atoms with van der Waals surface area (Å²) in [7, 11) is 0. The van der Waals surface area contributed by atoms with Gasteiger partial charge in [-0.25, -0.2) is 9.37 Å². The Balaban J connectivity index is 3.67. The molecule has 1 aromatic rings. The number of pyridine rings is 1. The Morgan fingerprint density at radius 3 is 2.42 bits per heavy atom. The van der Waals surface area contributed by atoms with Crippen LogP contribution in [0.15, 0.2) is 35.2 Å². The highest BCUT2D eigenvalue weighted by molar-refractivity contribution is 5.94. The van der Waals surface area contributed by atoms with Gasteiger partial charge in [0.25, 0.3) is 0 Å². The summed E-state index contributed by atoms with van der Waals surface area (Å²) in [6.07, 6.45) is -2.63. The lowest BCUT2D eigenvalue weighted by molar-refractivity contribution is -0.140. The van der Waals surface area contributed by atoms with Crippen LogP contribution in [-0.2, 0) is 11.0 Å². The zero-order chi connectivity index (χ0) is 20.1. The predicted molar refractivity (Wildman–Crippen MR) is 94.5 cm³/mol. The van der Waals surface area contributed by atoms with Crippen LogP contribution in [0.3, 0.4) is 0 Å². The first-order valence-corrected chi connectivity index (χ1v) is 7.93.